The summed E-state index contributed by atoms with van der Waals surface area (Å²) in [5, 5.41) is 0.356. The molecule has 4 rings (SSSR count). The Morgan fingerprint density at radius 1 is 0.974 bits per heavy atom. The molecule has 3 aromatic rings. The van der Waals surface area contributed by atoms with Crippen molar-refractivity contribution < 1.29 is 23.8 Å². The number of benzene rings is 3. The summed E-state index contributed by atoms with van der Waals surface area (Å²) in [6.07, 6.45) is 1.71. The molecule has 3 aromatic carbocycles. The van der Waals surface area contributed by atoms with Crippen LogP contribution in [0.25, 0.3) is 6.08 Å². The van der Waals surface area contributed by atoms with Crippen LogP contribution < -0.4 is 14.2 Å². The van der Waals surface area contributed by atoms with Crippen LogP contribution in [0.5, 0.6) is 17.2 Å². The van der Waals surface area contributed by atoms with Crippen molar-refractivity contribution in [2.24, 2.45) is 0 Å². The standard InChI is InChI=1S/C29H27ClINO5S/c1-4-35-25-15-21(14-23(31)27(25)37-17-20-7-9-22(30)10-8-20)16-26-28(33)32(29(34)38-26)11-12-36-24-13-18(2)5-6-19(24)3/h5-10,13-16H,4,11-12,17H2,1-3H3/b26-16-. The van der Waals surface area contributed by atoms with Gasteiger partial charge < -0.3 is 14.2 Å². The third-order valence-electron chi connectivity index (χ3n) is 5.72. The number of nitrogens with zero attached hydrogens (tertiary/aromatic N) is 1. The number of thioether (sulfide) groups is 1. The fourth-order valence-corrected chi connectivity index (χ4v) is 5.54. The molecular weight excluding hydrogens is 637 g/mol. The lowest BCUT2D eigenvalue weighted by atomic mass is 10.1. The molecular formula is C29H27ClINO5S. The molecule has 1 aliphatic heterocycles. The van der Waals surface area contributed by atoms with Crippen molar-refractivity contribution in [3.63, 3.8) is 0 Å². The zero-order chi connectivity index (χ0) is 27.2. The Hall–Kier alpha value is -2.69. The summed E-state index contributed by atoms with van der Waals surface area (Å²) in [7, 11) is 0. The van der Waals surface area contributed by atoms with Crippen molar-refractivity contribution in [1.82, 2.24) is 4.90 Å². The first-order valence-electron chi connectivity index (χ1n) is 12.0. The largest absolute Gasteiger partial charge is 0.491 e. The molecule has 6 nitrogen and oxygen atoms in total. The van der Waals surface area contributed by atoms with Gasteiger partial charge in [0.15, 0.2) is 11.5 Å². The molecule has 0 saturated carbocycles. The smallest absolute Gasteiger partial charge is 0.293 e. The summed E-state index contributed by atoms with van der Waals surface area (Å²) in [6, 6.07) is 17.1. The van der Waals surface area contributed by atoms with E-state index in [2.05, 4.69) is 22.6 Å². The number of aryl methyl sites for hydroxylation is 2. The molecule has 2 amide bonds. The van der Waals surface area contributed by atoms with Gasteiger partial charge in [-0.15, -0.1) is 0 Å². The number of carbonyl (C=O) groups is 2. The molecule has 0 aromatic heterocycles. The fraction of sp³-hybridized carbons (Fsp3) is 0.241. The maximum Gasteiger partial charge on any atom is 0.293 e. The summed E-state index contributed by atoms with van der Waals surface area (Å²) in [6.45, 7) is 7.06. The van der Waals surface area contributed by atoms with E-state index in [1.165, 1.54) is 4.90 Å². The highest BCUT2D eigenvalue weighted by Crippen LogP contribution is 2.38. The highest BCUT2D eigenvalue weighted by atomic mass is 127. The van der Waals surface area contributed by atoms with E-state index in [0.29, 0.717) is 34.6 Å². The number of amides is 2. The lowest BCUT2D eigenvalue weighted by Gasteiger charge is -2.15. The van der Waals surface area contributed by atoms with Gasteiger partial charge in [0.2, 0.25) is 0 Å². The van der Waals surface area contributed by atoms with Gasteiger partial charge in [0.1, 0.15) is 19.0 Å². The van der Waals surface area contributed by atoms with Crippen molar-refractivity contribution in [2.75, 3.05) is 19.8 Å². The Morgan fingerprint density at radius 3 is 2.47 bits per heavy atom. The van der Waals surface area contributed by atoms with Gasteiger partial charge in [-0.1, -0.05) is 35.9 Å². The zero-order valence-corrected chi connectivity index (χ0v) is 25.0. The summed E-state index contributed by atoms with van der Waals surface area (Å²) < 4.78 is 18.6. The van der Waals surface area contributed by atoms with Gasteiger partial charge in [-0.05, 0) is 114 Å². The maximum absolute atomic E-state index is 13.0. The molecule has 38 heavy (non-hydrogen) atoms. The lowest BCUT2D eigenvalue weighted by Crippen LogP contribution is -2.32. The highest BCUT2D eigenvalue weighted by Gasteiger charge is 2.35. The van der Waals surface area contributed by atoms with Gasteiger partial charge >= 0.3 is 0 Å². The topological polar surface area (TPSA) is 65.1 Å². The van der Waals surface area contributed by atoms with Gasteiger partial charge in [0, 0.05) is 5.02 Å². The van der Waals surface area contributed by atoms with Crippen molar-refractivity contribution in [2.45, 2.75) is 27.4 Å². The molecule has 198 valence electrons. The van der Waals surface area contributed by atoms with E-state index >= 15 is 0 Å². The van der Waals surface area contributed by atoms with E-state index in [1.54, 1.807) is 6.08 Å². The average Bonchev–Trinajstić information content (AvgIpc) is 3.14. The Morgan fingerprint density at radius 2 is 1.74 bits per heavy atom. The molecule has 0 bridgehead atoms. The highest BCUT2D eigenvalue weighted by molar-refractivity contribution is 14.1. The average molecular weight is 664 g/mol. The Bertz CT molecular complexity index is 1380. The first-order chi connectivity index (χ1) is 18.2. The lowest BCUT2D eigenvalue weighted by molar-refractivity contribution is -0.123. The number of halogens is 2. The van der Waals surface area contributed by atoms with E-state index in [0.717, 1.165) is 43.3 Å². The second-order valence-corrected chi connectivity index (χ2v) is 11.2. The van der Waals surface area contributed by atoms with Gasteiger partial charge in [-0.2, -0.15) is 0 Å². The number of ether oxygens (including phenoxy) is 3. The van der Waals surface area contributed by atoms with Crippen LogP contribution >= 0.6 is 46.0 Å². The minimum absolute atomic E-state index is 0.175. The number of hydrogen-bond acceptors (Lipinski definition) is 6. The van der Waals surface area contributed by atoms with Crippen molar-refractivity contribution in [3.05, 3.63) is 90.3 Å². The van der Waals surface area contributed by atoms with Gasteiger partial charge in [-0.3, -0.25) is 14.5 Å². The van der Waals surface area contributed by atoms with Crippen LogP contribution in [-0.2, 0) is 11.4 Å². The van der Waals surface area contributed by atoms with Crippen LogP contribution in [-0.4, -0.2) is 35.8 Å². The van der Waals surface area contributed by atoms with Gasteiger partial charge in [0.25, 0.3) is 11.1 Å². The monoisotopic (exact) mass is 663 g/mol. The van der Waals surface area contributed by atoms with Crippen LogP contribution in [0.3, 0.4) is 0 Å². The number of carbonyl (C=O) groups excluding carboxylic acids is 2. The Labute approximate surface area is 245 Å². The van der Waals surface area contributed by atoms with E-state index in [1.807, 2.05) is 75.4 Å². The predicted octanol–water partition coefficient (Wildman–Crippen LogP) is 7.65. The van der Waals surface area contributed by atoms with Crippen LogP contribution in [0.4, 0.5) is 4.79 Å². The van der Waals surface area contributed by atoms with Crippen LogP contribution in [0.2, 0.25) is 5.02 Å². The second kappa shape index (κ2) is 12.9. The van der Waals surface area contributed by atoms with Crippen molar-refractivity contribution >= 4 is 63.2 Å². The van der Waals surface area contributed by atoms with E-state index in [9.17, 15) is 9.59 Å². The maximum atomic E-state index is 13.0. The Balaban J connectivity index is 1.46. The molecule has 1 fully saturated rings. The normalized spacial score (nSPS) is 14.3. The summed E-state index contributed by atoms with van der Waals surface area (Å²) in [4.78, 5) is 27.2. The van der Waals surface area contributed by atoms with Crippen LogP contribution in [0.1, 0.15) is 29.2 Å². The van der Waals surface area contributed by atoms with Crippen LogP contribution in [0, 0.1) is 17.4 Å². The first kappa shape index (κ1) is 28.3. The third-order valence-corrected chi connectivity index (χ3v) is 7.68. The number of rotatable bonds is 10. The molecule has 0 atom stereocenters. The first-order valence-corrected chi connectivity index (χ1v) is 14.3. The van der Waals surface area contributed by atoms with Crippen molar-refractivity contribution in [3.8, 4) is 17.2 Å². The van der Waals surface area contributed by atoms with Crippen LogP contribution in [0.15, 0.2) is 59.5 Å². The minimum atomic E-state index is -0.333. The molecule has 0 unspecified atom stereocenters. The van der Waals surface area contributed by atoms with Gasteiger partial charge in [-0.25, -0.2) is 0 Å². The number of hydrogen-bond donors (Lipinski definition) is 0. The minimum Gasteiger partial charge on any atom is -0.491 e. The predicted molar refractivity (Wildman–Crippen MR) is 160 cm³/mol. The second-order valence-electron chi connectivity index (χ2n) is 8.63. The summed E-state index contributed by atoms with van der Waals surface area (Å²) in [5.41, 5.74) is 3.81. The fourth-order valence-electron chi connectivity index (χ4n) is 3.76. The summed E-state index contributed by atoms with van der Waals surface area (Å²) in [5.74, 6) is 1.61. The third kappa shape index (κ3) is 7.03. The zero-order valence-electron chi connectivity index (χ0n) is 21.3. The molecule has 0 aliphatic carbocycles. The molecule has 1 aliphatic rings. The SMILES string of the molecule is CCOc1cc(/C=C2\SC(=O)N(CCOc3cc(C)ccc3C)C2=O)cc(I)c1OCc1ccc(Cl)cc1. The van der Waals surface area contributed by atoms with E-state index in [4.69, 9.17) is 25.8 Å². The van der Waals surface area contributed by atoms with Crippen molar-refractivity contribution in [1.29, 1.82) is 0 Å². The molecule has 1 heterocycles. The molecule has 9 heteroatoms. The van der Waals surface area contributed by atoms with Gasteiger partial charge in [0.05, 0.1) is 21.6 Å². The van der Waals surface area contributed by atoms with E-state index < -0.39 is 0 Å². The molecule has 1 saturated heterocycles. The summed E-state index contributed by atoms with van der Waals surface area (Å²) >= 11 is 9.08. The molecule has 0 N–H and O–H groups in total. The molecule has 0 spiro atoms. The quantitative estimate of drug-likeness (QED) is 0.164. The van der Waals surface area contributed by atoms with E-state index in [-0.39, 0.29) is 24.3 Å². The Kier molecular flexibility index (Phi) is 9.62. The molecule has 0 radical (unpaired) electrons. The number of imide groups is 1.